The second-order valence-electron chi connectivity index (χ2n) is 4.17. The molecule has 0 radical (unpaired) electrons. The van der Waals surface area contributed by atoms with E-state index in [0.717, 1.165) is 18.4 Å². The van der Waals surface area contributed by atoms with Crippen molar-refractivity contribution in [2.45, 2.75) is 12.8 Å². The number of carbonyl (C=O) groups excluding carboxylic acids is 2. The quantitative estimate of drug-likeness (QED) is 0.659. The van der Waals surface area contributed by atoms with E-state index in [4.69, 9.17) is 28.9 Å². The van der Waals surface area contributed by atoms with Crippen LogP contribution in [-0.2, 0) is 16.0 Å². The summed E-state index contributed by atoms with van der Waals surface area (Å²) in [5.74, 6) is -0.595. The first-order valence-electron chi connectivity index (χ1n) is 6.20. The van der Waals surface area contributed by atoms with Crippen molar-refractivity contribution in [2.24, 2.45) is 5.73 Å². The van der Waals surface area contributed by atoms with Crippen molar-refractivity contribution in [1.29, 1.82) is 0 Å². The lowest BCUT2D eigenvalue weighted by Crippen LogP contribution is -2.39. The van der Waals surface area contributed by atoms with E-state index in [1.165, 1.54) is 0 Å². The van der Waals surface area contributed by atoms with Gasteiger partial charge in [0.05, 0.1) is 13.1 Å². The molecule has 0 aliphatic carbocycles. The number of rotatable bonds is 7. The van der Waals surface area contributed by atoms with E-state index in [0.29, 0.717) is 16.6 Å². The predicted octanol–water partition coefficient (Wildman–Crippen LogP) is 1.12. The number of nitrogens with one attached hydrogen (secondary N) is 2. The largest absolute Gasteiger partial charge is 0.355 e. The number of amides is 2. The number of hydrogen-bond acceptors (Lipinski definition) is 3. The van der Waals surface area contributed by atoms with Crippen molar-refractivity contribution < 1.29 is 9.59 Å². The van der Waals surface area contributed by atoms with Crippen LogP contribution in [0.1, 0.15) is 12.0 Å². The van der Waals surface area contributed by atoms with Gasteiger partial charge in [-0.25, -0.2) is 0 Å². The lowest BCUT2D eigenvalue weighted by molar-refractivity contribution is -0.125. The van der Waals surface area contributed by atoms with Gasteiger partial charge in [-0.15, -0.1) is 0 Å². The highest BCUT2D eigenvalue weighted by Crippen LogP contribution is 2.21. The van der Waals surface area contributed by atoms with Gasteiger partial charge in [0.15, 0.2) is 0 Å². The van der Waals surface area contributed by atoms with E-state index in [1.54, 1.807) is 12.1 Å². The Balaban J connectivity index is 2.21. The molecule has 110 valence electrons. The van der Waals surface area contributed by atoms with Gasteiger partial charge >= 0.3 is 0 Å². The fourth-order valence-electron chi connectivity index (χ4n) is 1.54. The molecule has 0 saturated carbocycles. The fourth-order valence-corrected chi connectivity index (χ4v) is 2.05. The Labute approximate surface area is 127 Å². The minimum atomic E-state index is -0.354. The number of halogens is 2. The van der Waals surface area contributed by atoms with Crippen LogP contribution in [0, 0.1) is 0 Å². The summed E-state index contributed by atoms with van der Waals surface area (Å²) in [6.07, 6.45) is 1.49. The second-order valence-corrected chi connectivity index (χ2v) is 5.01. The number of aryl methyl sites for hydroxylation is 1. The normalized spacial score (nSPS) is 10.2. The molecule has 7 heteroatoms. The van der Waals surface area contributed by atoms with Gasteiger partial charge in [-0.3, -0.25) is 9.59 Å². The minimum absolute atomic E-state index is 0.0578. The standard InChI is InChI=1S/C13H17Cl2N3O2/c14-10-4-3-9(11(15)6-10)2-1-5-17-13(20)8-18-12(19)7-16/h3-4,6H,1-2,5,7-8,16H2,(H,17,20)(H,18,19). The number of nitrogens with two attached hydrogens (primary N) is 1. The number of carbonyl (C=O) groups is 2. The van der Waals surface area contributed by atoms with Crippen LogP contribution in [0.15, 0.2) is 18.2 Å². The van der Waals surface area contributed by atoms with Gasteiger partial charge in [0.25, 0.3) is 0 Å². The lowest BCUT2D eigenvalue weighted by Gasteiger charge is -2.07. The first-order chi connectivity index (χ1) is 9.52. The van der Waals surface area contributed by atoms with Gasteiger partial charge < -0.3 is 16.4 Å². The molecule has 1 aromatic rings. The van der Waals surface area contributed by atoms with Crippen molar-refractivity contribution in [3.8, 4) is 0 Å². The average molecular weight is 318 g/mol. The predicted molar refractivity (Wildman–Crippen MR) is 79.9 cm³/mol. The van der Waals surface area contributed by atoms with Crippen molar-refractivity contribution in [3.63, 3.8) is 0 Å². The summed E-state index contributed by atoms with van der Waals surface area (Å²) in [4.78, 5) is 22.2. The van der Waals surface area contributed by atoms with Gasteiger partial charge in [-0.05, 0) is 30.5 Å². The molecule has 0 atom stereocenters. The number of hydrogen-bond donors (Lipinski definition) is 3. The zero-order valence-electron chi connectivity index (χ0n) is 10.9. The molecule has 2 amide bonds. The van der Waals surface area contributed by atoms with E-state index in [-0.39, 0.29) is 24.9 Å². The molecule has 20 heavy (non-hydrogen) atoms. The molecule has 0 saturated heterocycles. The van der Waals surface area contributed by atoms with E-state index in [9.17, 15) is 9.59 Å². The molecule has 0 aliphatic rings. The van der Waals surface area contributed by atoms with E-state index >= 15 is 0 Å². The summed E-state index contributed by atoms with van der Waals surface area (Å²) in [6.45, 7) is 0.330. The van der Waals surface area contributed by atoms with Crippen LogP contribution >= 0.6 is 23.2 Å². The molecule has 0 aliphatic heterocycles. The van der Waals surface area contributed by atoms with Gasteiger partial charge in [-0.2, -0.15) is 0 Å². The summed E-state index contributed by atoms with van der Waals surface area (Å²) in [6, 6.07) is 5.34. The van der Waals surface area contributed by atoms with Crippen LogP contribution in [0.3, 0.4) is 0 Å². The Hall–Kier alpha value is -1.30. The fraction of sp³-hybridized carbons (Fsp3) is 0.385. The Morgan fingerprint density at radius 2 is 1.90 bits per heavy atom. The van der Waals surface area contributed by atoms with Gasteiger partial charge in [0.2, 0.25) is 11.8 Å². The monoisotopic (exact) mass is 317 g/mol. The molecule has 5 nitrogen and oxygen atoms in total. The van der Waals surface area contributed by atoms with Gasteiger partial charge in [0, 0.05) is 16.6 Å². The Kier molecular flexibility index (Phi) is 7.36. The summed E-state index contributed by atoms with van der Waals surface area (Å²) < 4.78 is 0. The topological polar surface area (TPSA) is 84.2 Å². The van der Waals surface area contributed by atoms with Crippen LogP contribution < -0.4 is 16.4 Å². The zero-order chi connectivity index (χ0) is 15.0. The summed E-state index contributed by atoms with van der Waals surface area (Å²) in [5.41, 5.74) is 6.09. The Morgan fingerprint density at radius 3 is 2.55 bits per heavy atom. The Bertz CT molecular complexity index is 481. The van der Waals surface area contributed by atoms with Crippen molar-refractivity contribution in [1.82, 2.24) is 10.6 Å². The lowest BCUT2D eigenvalue weighted by atomic mass is 10.1. The molecular formula is C13H17Cl2N3O2. The maximum absolute atomic E-state index is 11.4. The minimum Gasteiger partial charge on any atom is -0.355 e. The van der Waals surface area contributed by atoms with Crippen LogP contribution in [0.25, 0.3) is 0 Å². The summed E-state index contributed by atoms with van der Waals surface area (Å²) in [7, 11) is 0. The molecule has 0 heterocycles. The first kappa shape index (κ1) is 16.8. The van der Waals surface area contributed by atoms with Crippen LogP contribution in [0.5, 0.6) is 0 Å². The van der Waals surface area contributed by atoms with E-state index in [1.807, 2.05) is 6.07 Å². The molecule has 0 aromatic heterocycles. The van der Waals surface area contributed by atoms with Crippen molar-refractivity contribution in [3.05, 3.63) is 33.8 Å². The van der Waals surface area contributed by atoms with Gasteiger partial charge in [-0.1, -0.05) is 29.3 Å². The molecular weight excluding hydrogens is 301 g/mol. The molecule has 0 spiro atoms. The summed E-state index contributed by atoms with van der Waals surface area (Å²) >= 11 is 11.8. The average Bonchev–Trinajstić information content (AvgIpc) is 2.42. The molecule has 0 fully saturated rings. The van der Waals surface area contributed by atoms with E-state index in [2.05, 4.69) is 10.6 Å². The Morgan fingerprint density at radius 1 is 1.15 bits per heavy atom. The van der Waals surface area contributed by atoms with Crippen molar-refractivity contribution >= 4 is 35.0 Å². The molecule has 4 N–H and O–H groups in total. The molecule has 1 aromatic carbocycles. The molecule has 0 unspecified atom stereocenters. The maximum atomic E-state index is 11.4. The SMILES string of the molecule is NCC(=O)NCC(=O)NCCCc1ccc(Cl)cc1Cl. The molecule has 1 rings (SSSR count). The highest BCUT2D eigenvalue weighted by atomic mass is 35.5. The smallest absolute Gasteiger partial charge is 0.239 e. The molecule has 0 bridgehead atoms. The number of benzene rings is 1. The van der Waals surface area contributed by atoms with Gasteiger partial charge in [0.1, 0.15) is 0 Å². The van der Waals surface area contributed by atoms with Crippen molar-refractivity contribution in [2.75, 3.05) is 19.6 Å². The van der Waals surface area contributed by atoms with Crippen LogP contribution in [0.4, 0.5) is 0 Å². The third kappa shape index (κ3) is 6.23. The van der Waals surface area contributed by atoms with Crippen LogP contribution in [-0.4, -0.2) is 31.4 Å². The third-order valence-electron chi connectivity index (χ3n) is 2.59. The highest BCUT2D eigenvalue weighted by Gasteiger charge is 2.04. The highest BCUT2D eigenvalue weighted by molar-refractivity contribution is 6.35. The first-order valence-corrected chi connectivity index (χ1v) is 6.96. The summed E-state index contributed by atoms with van der Waals surface area (Å²) in [5, 5.41) is 6.32. The maximum Gasteiger partial charge on any atom is 0.239 e. The second kappa shape index (κ2) is 8.79. The van der Waals surface area contributed by atoms with E-state index < -0.39 is 0 Å². The third-order valence-corrected chi connectivity index (χ3v) is 3.18. The van der Waals surface area contributed by atoms with Crippen LogP contribution in [0.2, 0.25) is 10.0 Å². The zero-order valence-corrected chi connectivity index (χ0v) is 12.4.